The number of aliphatic carboxylic acids is 1. The lowest BCUT2D eigenvalue weighted by Crippen LogP contribution is -2.41. The smallest absolute Gasteiger partial charge is 0.326 e. The van der Waals surface area contributed by atoms with Crippen LogP contribution in [0.15, 0.2) is 18.3 Å². The Morgan fingerprint density at radius 2 is 1.88 bits per heavy atom. The topological polar surface area (TPSA) is 82.5 Å². The van der Waals surface area contributed by atoms with Gasteiger partial charge in [0.15, 0.2) is 0 Å². The number of rotatable bonds is 6. The Balaban J connectivity index is 2.00. The van der Waals surface area contributed by atoms with E-state index in [0.29, 0.717) is 12.0 Å². The van der Waals surface area contributed by atoms with E-state index in [1.807, 2.05) is 19.9 Å². The Morgan fingerprint density at radius 3 is 2.38 bits per heavy atom. The van der Waals surface area contributed by atoms with Gasteiger partial charge in [0, 0.05) is 19.3 Å². The molecule has 2 N–H and O–H groups in total. The molecule has 6 heteroatoms. The number of aromatic nitrogens is 1. The summed E-state index contributed by atoms with van der Waals surface area (Å²) in [6.07, 6.45) is 6.77. The molecule has 6 nitrogen and oxygen atoms in total. The third kappa shape index (κ3) is 5.22. The first kappa shape index (κ1) is 18.2. The molecule has 0 saturated carbocycles. The standard InChI is InChI=1S/C18H27N3O3/c1-13(2)11-15(18(23)24)20-17(22)14-7-8-16(19-12-14)21-9-5-3-4-6-10-21/h7-8,12-13,15H,3-6,9-11H2,1-2H3,(H,20,22)(H,23,24)/t15-/m0/s1. The van der Waals surface area contributed by atoms with Crippen molar-refractivity contribution in [2.24, 2.45) is 5.92 Å². The zero-order chi connectivity index (χ0) is 17.5. The molecule has 1 aliphatic heterocycles. The molecule has 1 atom stereocenters. The summed E-state index contributed by atoms with van der Waals surface area (Å²) in [4.78, 5) is 30.2. The molecule has 1 amide bonds. The van der Waals surface area contributed by atoms with Gasteiger partial charge in [-0.15, -0.1) is 0 Å². The van der Waals surface area contributed by atoms with Crippen LogP contribution in [0.1, 0.15) is 56.3 Å². The molecule has 0 aliphatic carbocycles. The minimum absolute atomic E-state index is 0.190. The Bertz CT molecular complexity index is 549. The van der Waals surface area contributed by atoms with Gasteiger partial charge in [0.25, 0.3) is 5.91 Å². The van der Waals surface area contributed by atoms with E-state index in [-0.39, 0.29) is 5.92 Å². The highest BCUT2D eigenvalue weighted by Gasteiger charge is 2.22. The monoisotopic (exact) mass is 333 g/mol. The first-order valence-corrected chi connectivity index (χ1v) is 8.72. The second kappa shape index (κ2) is 8.66. The molecule has 0 radical (unpaired) electrons. The molecule has 0 spiro atoms. The molecule has 24 heavy (non-hydrogen) atoms. The predicted octanol–water partition coefficient (Wildman–Crippen LogP) is 2.69. The van der Waals surface area contributed by atoms with Crippen LogP contribution in [-0.2, 0) is 4.79 Å². The molecule has 2 rings (SSSR count). The minimum Gasteiger partial charge on any atom is -0.480 e. The van der Waals surface area contributed by atoms with Crippen molar-refractivity contribution < 1.29 is 14.7 Å². The van der Waals surface area contributed by atoms with Gasteiger partial charge in [-0.2, -0.15) is 0 Å². The van der Waals surface area contributed by atoms with Crippen molar-refractivity contribution in [3.05, 3.63) is 23.9 Å². The van der Waals surface area contributed by atoms with E-state index in [9.17, 15) is 14.7 Å². The Morgan fingerprint density at radius 1 is 1.21 bits per heavy atom. The van der Waals surface area contributed by atoms with Crippen LogP contribution < -0.4 is 10.2 Å². The number of nitrogens with zero attached hydrogens (tertiary/aromatic N) is 2. The zero-order valence-electron chi connectivity index (χ0n) is 14.5. The summed E-state index contributed by atoms with van der Waals surface area (Å²) in [5.41, 5.74) is 0.392. The quantitative estimate of drug-likeness (QED) is 0.836. The fourth-order valence-electron chi connectivity index (χ4n) is 2.94. The summed E-state index contributed by atoms with van der Waals surface area (Å²) >= 11 is 0. The van der Waals surface area contributed by atoms with E-state index >= 15 is 0 Å². The van der Waals surface area contributed by atoms with Gasteiger partial charge in [0.1, 0.15) is 11.9 Å². The summed E-state index contributed by atoms with van der Waals surface area (Å²) < 4.78 is 0. The fourth-order valence-corrected chi connectivity index (χ4v) is 2.94. The van der Waals surface area contributed by atoms with Gasteiger partial charge >= 0.3 is 5.97 Å². The van der Waals surface area contributed by atoms with Gasteiger partial charge in [0.2, 0.25) is 0 Å². The molecule has 0 unspecified atom stereocenters. The molecular formula is C18H27N3O3. The van der Waals surface area contributed by atoms with Crippen LogP contribution in [0.25, 0.3) is 0 Å². The van der Waals surface area contributed by atoms with E-state index < -0.39 is 17.9 Å². The van der Waals surface area contributed by atoms with Gasteiger partial charge in [-0.1, -0.05) is 26.7 Å². The molecule has 1 fully saturated rings. The van der Waals surface area contributed by atoms with E-state index in [1.165, 1.54) is 31.9 Å². The maximum absolute atomic E-state index is 12.3. The number of anilines is 1. The predicted molar refractivity (Wildman–Crippen MR) is 93.3 cm³/mol. The maximum Gasteiger partial charge on any atom is 0.326 e. The van der Waals surface area contributed by atoms with E-state index in [1.54, 1.807) is 6.07 Å². The van der Waals surface area contributed by atoms with Crippen LogP contribution in [0.2, 0.25) is 0 Å². The lowest BCUT2D eigenvalue weighted by atomic mass is 10.0. The second-order valence-electron chi connectivity index (χ2n) is 6.80. The molecular weight excluding hydrogens is 306 g/mol. The average Bonchev–Trinajstić information content (AvgIpc) is 2.83. The number of carbonyl (C=O) groups excluding carboxylic acids is 1. The van der Waals surface area contributed by atoms with Crippen molar-refractivity contribution in [3.8, 4) is 0 Å². The van der Waals surface area contributed by atoms with Gasteiger partial charge in [-0.05, 0) is 37.3 Å². The number of carboxylic acid groups (broad SMARTS) is 1. The molecule has 1 aromatic heterocycles. The molecule has 1 saturated heterocycles. The number of carboxylic acids is 1. The largest absolute Gasteiger partial charge is 0.480 e. The lowest BCUT2D eigenvalue weighted by Gasteiger charge is -2.21. The van der Waals surface area contributed by atoms with Gasteiger partial charge in [-0.25, -0.2) is 9.78 Å². The molecule has 2 heterocycles. The number of pyridine rings is 1. The van der Waals surface area contributed by atoms with Gasteiger partial charge in [-0.3, -0.25) is 4.79 Å². The number of amides is 1. The highest BCUT2D eigenvalue weighted by atomic mass is 16.4. The van der Waals surface area contributed by atoms with Crippen LogP contribution in [0.3, 0.4) is 0 Å². The van der Waals surface area contributed by atoms with Gasteiger partial charge in [0.05, 0.1) is 5.56 Å². The zero-order valence-corrected chi connectivity index (χ0v) is 14.5. The molecule has 0 bridgehead atoms. The number of carbonyl (C=O) groups is 2. The number of hydrogen-bond donors (Lipinski definition) is 2. The summed E-state index contributed by atoms with van der Waals surface area (Å²) in [5, 5.41) is 11.8. The third-order valence-electron chi connectivity index (χ3n) is 4.25. The van der Waals surface area contributed by atoms with Crippen molar-refractivity contribution in [1.29, 1.82) is 0 Å². The number of nitrogens with one attached hydrogen (secondary N) is 1. The van der Waals surface area contributed by atoms with Crippen molar-refractivity contribution in [3.63, 3.8) is 0 Å². The first-order chi connectivity index (χ1) is 11.5. The summed E-state index contributed by atoms with van der Waals surface area (Å²) in [7, 11) is 0. The van der Waals surface area contributed by atoms with Crippen molar-refractivity contribution in [2.75, 3.05) is 18.0 Å². The van der Waals surface area contributed by atoms with Crippen molar-refractivity contribution >= 4 is 17.7 Å². The van der Waals surface area contributed by atoms with Crippen LogP contribution in [0.5, 0.6) is 0 Å². The summed E-state index contributed by atoms with van der Waals surface area (Å²) in [5.74, 6) is -0.329. The van der Waals surface area contributed by atoms with E-state index in [4.69, 9.17) is 0 Å². The Kier molecular flexibility index (Phi) is 6.58. The molecule has 132 valence electrons. The SMILES string of the molecule is CC(C)C[C@H](NC(=O)c1ccc(N2CCCCCC2)nc1)C(=O)O. The Hall–Kier alpha value is -2.11. The van der Waals surface area contributed by atoms with E-state index in [2.05, 4.69) is 15.2 Å². The van der Waals surface area contributed by atoms with Crippen LogP contribution in [0.4, 0.5) is 5.82 Å². The van der Waals surface area contributed by atoms with E-state index in [0.717, 1.165) is 18.9 Å². The minimum atomic E-state index is -1.01. The highest BCUT2D eigenvalue weighted by Crippen LogP contribution is 2.17. The average molecular weight is 333 g/mol. The number of hydrogen-bond acceptors (Lipinski definition) is 4. The summed E-state index contributed by atoms with van der Waals surface area (Å²) in [6.45, 7) is 5.85. The van der Waals surface area contributed by atoms with Gasteiger partial charge < -0.3 is 15.3 Å². The maximum atomic E-state index is 12.3. The van der Waals surface area contributed by atoms with Crippen LogP contribution >= 0.6 is 0 Å². The second-order valence-corrected chi connectivity index (χ2v) is 6.80. The Labute approximate surface area is 143 Å². The molecule has 0 aromatic carbocycles. The van der Waals surface area contributed by atoms with Crippen molar-refractivity contribution in [2.45, 2.75) is 52.0 Å². The molecule has 1 aliphatic rings. The third-order valence-corrected chi connectivity index (χ3v) is 4.25. The highest BCUT2D eigenvalue weighted by molar-refractivity contribution is 5.96. The lowest BCUT2D eigenvalue weighted by molar-refractivity contribution is -0.139. The van der Waals surface area contributed by atoms with Crippen molar-refractivity contribution in [1.82, 2.24) is 10.3 Å². The van der Waals surface area contributed by atoms with Crippen LogP contribution in [-0.4, -0.2) is 41.1 Å². The summed E-state index contributed by atoms with van der Waals surface area (Å²) in [6, 6.07) is 2.69. The normalized spacial score (nSPS) is 16.5. The molecule has 1 aromatic rings. The first-order valence-electron chi connectivity index (χ1n) is 8.72. The fraction of sp³-hybridized carbons (Fsp3) is 0.611. The van der Waals surface area contributed by atoms with Crippen LogP contribution in [0, 0.1) is 5.92 Å².